The first-order chi connectivity index (χ1) is 12.1. The van der Waals surface area contributed by atoms with Crippen molar-refractivity contribution in [1.82, 2.24) is 9.66 Å². The van der Waals surface area contributed by atoms with E-state index in [0.29, 0.717) is 21.8 Å². The van der Waals surface area contributed by atoms with Gasteiger partial charge in [0.2, 0.25) is 10.0 Å². The molecule has 0 saturated heterocycles. The van der Waals surface area contributed by atoms with Gasteiger partial charge in [-0.05, 0) is 43.3 Å². The maximum atomic E-state index is 14.0. The molecule has 0 aliphatic rings. The van der Waals surface area contributed by atoms with E-state index in [0.717, 1.165) is 33.6 Å². The molecule has 26 heavy (non-hydrogen) atoms. The lowest BCUT2D eigenvalue weighted by molar-refractivity contribution is 0.565. The molecule has 1 aromatic carbocycles. The van der Waals surface area contributed by atoms with Crippen molar-refractivity contribution in [3.63, 3.8) is 0 Å². The number of rotatable bonds is 4. The van der Waals surface area contributed by atoms with Gasteiger partial charge in [0.15, 0.2) is 5.16 Å². The Morgan fingerprint density at radius 1 is 1.27 bits per heavy atom. The third-order valence-electron chi connectivity index (χ3n) is 3.52. The number of nitrogens with one attached hydrogen (secondary N) is 1. The molecule has 0 aliphatic carbocycles. The van der Waals surface area contributed by atoms with Gasteiger partial charge in [0, 0.05) is 10.9 Å². The van der Waals surface area contributed by atoms with Gasteiger partial charge >= 0.3 is 0 Å². The van der Waals surface area contributed by atoms with Gasteiger partial charge in [-0.3, -0.25) is 4.79 Å². The zero-order valence-electron chi connectivity index (χ0n) is 13.8. The van der Waals surface area contributed by atoms with Crippen LogP contribution in [0.15, 0.2) is 33.0 Å². The van der Waals surface area contributed by atoms with Crippen molar-refractivity contribution in [1.29, 1.82) is 0 Å². The predicted molar refractivity (Wildman–Crippen MR) is 98.0 cm³/mol. The molecule has 0 spiro atoms. The molecule has 0 saturated carbocycles. The lowest BCUT2D eigenvalue weighted by Crippen LogP contribution is -2.34. The molecule has 3 rings (SSSR count). The number of aryl methyl sites for hydroxylation is 2. The van der Waals surface area contributed by atoms with E-state index in [-0.39, 0.29) is 10.1 Å². The second-order valence-electron chi connectivity index (χ2n) is 5.54. The molecular weight excluding hydrogens is 404 g/mol. The highest BCUT2D eigenvalue weighted by atomic mass is 32.2. The second kappa shape index (κ2) is 6.63. The summed E-state index contributed by atoms with van der Waals surface area (Å²) < 4.78 is 51.2. The summed E-state index contributed by atoms with van der Waals surface area (Å²) in [6.45, 7) is 3.57. The number of hydrogen-bond acceptors (Lipinski definition) is 6. The number of benzene rings is 1. The number of halogens is 2. The number of hydrogen-bond donors (Lipinski definition) is 1. The van der Waals surface area contributed by atoms with E-state index in [1.807, 2.05) is 6.92 Å². The van der Waals surface area contributed by atoms with Crippen molar-refractivity contribution in [3.05, 3.63) is 50.6 Å². The van der Waals surface area contributed by atoms with Crippen LogP contribution in [0, 0.1) is 25.5 Å². The monoisotopic (exact) mass is 417 g/mol. The standard InChI is InChI=1S/C15H13F2N3O3S3/c1-7-8(2)24-13-12(7)14(21)20(19-26(3,22)23)15(18-13)25-11-5-4-9(16)6-10(11)17/h4-6,19H,1-3H3. The first-order valence-electron chi connectivity index (χ1n) is 7.20. The van der Waals surface area contributed by atoms with E-state index in [9.17, 15) is 22.0 Å². The van der Waals surface area contributed by atoms with Crippen LogP contribution in [0.25, 0.3) is 10.2 Å². The minimum Gasteiger partial charge on any atom is -0.267 e. The van der Waals surface area contributed by atoms with Crippen LogP contribution >= 0.6 is 23.1 Å². The summed E-state index contributed by atoms with van der Waals surface area (Å²) in [5.41, 5.74) is 0.100. The molecule has 0 atom stereocenters. The number of nitrogens with zero attached hydrogens (tertiary/aromatic N) is 2. The summed E-state index contributed by atoms with van der Waals surface area (Å²) in [7, 11) is -3.80. The van der Waals surface area contributed by atoms with Gasteiger partial charge in [0.05, 0.1) is 16.5 Å². The van der Waals surface area contributed by atoms with Crippen LogP contribution in [-0.4, -0.2) is 24.3 Å². The Bertz CT molecular complexity index is 1190. The topological polar surface area (TPSA) is 81.1 Å². The smallest absolute Gasteiger partial charge is 0.267 e. The van der Waals surface area contributed by atoms with Crippen molar-refractivity contribution in [3.8, 4) is 0 Å². The fourth-order valence-corrected chi connectivity index (χ4v) is 4.73. The van der Waals surface area contributed by atoms with E-state index < -0.39 is 27.2 Å². The number of sulfonamides is 1. The van der Waals surface area contributed by atoms with Gasteiger partial charge in [-0.1, -0.05) is 0 Å². The van der Waals surface area contributed by atoms with Gasteiger partial charge < -0.3 is 0 Å². The normalized spacial score (nSPS) is 11.9. The molecule has 6 nitrogen and oxygen atoms in total. The molecule has 138 valence electrons. The number of aromatic nitrogens is 2. The van der Waals surface area contributed by atoms with E-state index in [4.69, 9.17) is 0 Å². The van der Waals surface area contributed by atoms with Crippen LogP contribution in [0.4, 0.5) is 8.78 Å². The molecule has 0 amide bonds. The van der Waals surface area contributed by atoms with Crippen LogP contribution in [0.1, 0.15) is 10.4 Å². The molecule has 1 N–H and O–H groups in total. The molecule has 0 aliphatic heterocycles. The zero-order valence-corrected chi connectivity index (χ0v) is 16.3. The highest BCUT2D eigenvalue weighted by molar-refractivity contribution is 7.99. The van der Waals surface area contributed by atoms with Crippen LogP contribution in [0.2, 0.25) is 0 Å². The fourth-order valence-electron chi connectivity index (χ4n) is 2.25. The third kappa shape index (κ3) is 3.60. The average Bonchev–Trinajstić information content (AvgIpc) is 2.79. The minimum atomic E-state index is -3.80. The Morgan fingerprint density at radius 3 is 2.58 bits per heavy atom. The van der Waals surface area contributed by atoms with E-state index in [1.165, 1.54) is 17.4 Å². The maximum absolute atomic E-state index is 14.0. The van der Waals surface area contributed by atoms with Gasteiger partial charge in [-0.15, -0.1) is 11.3 Å². The molecule has 3 aromatic rings. The predicted octanol–water partition coefficient (Wildman–Crippen LogP) is 3.01. The van der Waals surface area contributed by atoms with Crippen molar-refractivity contribution in [2.45, 2.75) is 23.9 Å². The summed E-state index contributed by atoms with van der Waals surface area (Å²) in [4.78, 5) is 20.5. The van der Waals surface area contributed by atoms with Gasteiger partial charge in [0.1, 0.15) is 16.5 Å². The summed E-state index contributed by atoms with van der Waals surface area (Å²) in [6, 6.07) is 2.96. The fraction of sp³-hybridized carbons (Fsp3) is 0.200. The van der Waals surface area contributed by atoms with Gasteiger partial charge in [-0.2, -0.15) is 4.68 Å². The Balaban J connectivity index is 2.25. The zero-order chi connectivity index (χ0) is 19.2. The Morgan fingerprint density at radius 2 is 1.96 bits per heavy atom. The summed E-state index contributed by atoms with van der Waals surface area (Å²) >= 11 is 2.01. The van der Waals surface area contributed by atoms with Crippen LogP contribution < -0.4 is 10.4 Å². The second-order valence-corrected chi connectivity index (χ2v) is 9.48. The molecule has 0 fully saturated rings. The lowest BCUT2D eigenvalue weighted by atomic mass is 10.2. The lowest BCUT2D eigenvalue weighted by Gasteiger charge is -2.13. The van der Waals surface area contributed by atoms with E-state index >= 15 is 0 Å². The maximum Gasteiger partial charge on any atom is 0.282 e. The minimum absolute atomic E-state index is 0.00620. The first kappa shape index (κ1) is 18.8. The van der Waals surface area contributed by atoms with Crippen LogP contribution in [0.5, 0.6) is 0 Å². The van der Waals surface area contributed by atoms with E-state index in [1.54, 1.807) is 6.92 Å². The van der Waals surface area contributed by atoms with Crippen molar-refractivity contribution in [2.24, 2.45) is 0 Å². The van der Waals surface area contributed by atoms with Crippen molar-refractivity contribution < 1.29 is 17.2 Å². The Labute approximate surface area is 155 Å². The Hall–Kier alpha value is -1.98. The molecule has 0 radical (unpaired) electrons. The molecule has 0 bridgehead atoms. The highest BCUT2D eigenvalue weighted by Gasteiger charge is 2.20. The molecule has 2 aromatic heterocycles. The third-order valence-corrected chi connectivity index (χ3v) is 6.15. The number of fused-ring (bicyclic) bond motifs is 1. The molecule has 11 heteroatoms. The van der Waals surface area contributed by atoms with Crippen LogP contribution in [-0.2, 0) is 10.0 Å². The number of thiophene rings is 1. The summed E-state index contributed by atoms with van der Waals surface area (Å²) in [6.07, 6.45) is 0.891. The van der Waals surface area contributed by atoms with E-state index in [2.05, 4.69) is 9.82 Å². The summed E-state index contributed by atoms with van der Waals surface area (Å²) in [5, 5.41) is 0.229. The molecule has 2 heterocycles. The van der Waals surface area contributed by atoms with Crippen molar-refractivity contribution >= 4 is 43.3 Å². The Kier molecular flexibility index (Phi) is 4.80. The SMILES string of the molecule is Cc1sc2nc(Sc3ccc(F)cc3F)n(NS(C)(=O)=O)c(=O)c2c1C. The quantitative estimate of drug-likeness (QED) is 0.660. The summed E-state index contributed by atoms with van der Waals surface area (Å²) in [5.74, 6) is -1.58. The largest absolute Gasteiger partial charge is 0.282 e. The molecule has 0 unspecified atom stereocenters. The van der Waals surface area contributed by atoms with Crippen molar-refractivity contribution in [2.75, 3.05) is 11.1 Å². The van der Waals surface area contributed by atoms with Crippen LogP contribution in [0.3, 0.4) is 0 Å². The van der Waals surface area contributed by atoms with Gasteiger partial charge in [0.25, 0.3) is 5.56 Å². The highest BCUT2D eigenvalue weighted by Crippen LogP contribution is 2.32. The molecular formula is C15H13F2N3O3S3. The van der Waals surface area contributed by atoms with Gasteiger partial charge in [-0.25, -0.2) is 27.0 Å². The average molecular weight is 417 g/mol. The first-order valence-corrected chi connectivity index (χ1v) is 10.7.